The van der Waals surface area contributed by atoms with Crippen molar-refractivity contribution in [3.63, 3.8) is 0 Å². The van der Waals surface area contributed by atoms with Gasteiger partial charge in [-0.3, -0.25) is 4.98 Å². The Morgan fingerprint density at radius 1 is 1.17 bits per heavy atom. The summed E-state index contributed by atoms with van der Waals surface area (Å²) in [4.78, 5) is 7.73. The summed E-state index contributed by atoms with van der Waals surface area (Å²) in [5, 5.41) is 2.43. The second kappa shape index (κ2) is 4.02. The van der Waals surface area contributed by atoms with Gasteiger partial charge >= 0.3 is 0 Å². The molecule has 0 saturated carbocycles. The molecule has 0 saturated heterocycles. The lowest BCUT2D eigenvalue weighted by molar-refractivity contribution is 0.243. The van der Waals surface area contributed by atoms with Gasteiger partial charge in [0.05, 0.1) is 22.8 Å². The number of benzene rings is 1. The lowest BCUT2D eigenvalue weighted by Crippen LogP contribution is -2.05. The summed E-state index contributed by atoms with van der Waals surface area (Å²) >= 11 is 0. The van der Waals surface area contributed by atoms with Crippen LogP contribution in [0.15, 0.2) is 30.5 Å². The number of aromatic amines is 1. The molecule has 0 aliphatic heterocycles. The first kappa shape index (κ1) is 11.1. The molecule has 2 heterocycles. The monoisotopic (exact) mass is 240 g/mol. The summed E-state index contributed by atoms with van der Waals surface area (Å²) in [6.07, 6.45) is 2.04. The van der Waals surface area contributed by atoms with Crippen molar-refractivity contribution in [2.24, 2.45) is 0 Å². The summed E-state index contributed by atoms with van der Waals surface area (Å²) in [5.74, 6) is 0.898. The molecular weight excluding hydrogens is 224 g/mol. The highest BCUT2D eigenvalue weighted by molar-refractivity contribution is 6.08. The normalized spacial score (nSPS) is 11.6. The minimum absolute atomic E-state index is 0.190. The number of hydrogen-bond acceptors (Lipinski definition) is 2. The molecule has 3 rings (SSSR count). The number of ether oxygens (including phenoxy) is 1. The van der Waals surface area contributed by atoms with Crippen LogP contribution >= 0.6 is 0 Å². The van der Waals surface area contributed by atoms with E-state index < -0.39 is 0 Å². The number of rotatable bonds is 2. The van der Waals surface area contributed by atoms with Gasteiger partial charge in [-0.1, -0.05) is 0 Å². The maximum atomic E-state index is 5.71. The third-order valence-electron chi connectivity index (χ3n) is 3.05. The lowest BCUT2D eigenvalue weighted by atomic mass is 10.1. The quantitative estimate of drug-likeness (QED) is 0.739. The number of pyridine rings is 1. The van der Waals surface area contributed by atoms with E-state index in [9.17, 15) is 0 Å². The van der Waals surface area contributed by atoms with Gasteiger partial charge in [-0.15, -0.1) is 0 Å². The van der Waals surface area contributed by atoms with E-state index in [2.05, 4.69) is 22.1 Å². The standard InChI is InChI=1S/C15H16N2O/c1-9(2)18-11-4-5-12-13-6-7-16-10(3)15(13)17-14(12)8-11/h4-9,17H,1-3H3. The maximum Gasteiger partial charge on any atom is 0.121 e. The van der Waals surface area contributed by atoms with E-state index >= 15 is 0 Å². The molecule has 92 valence electrons. The Kier molecular flexibility index (Phi) is 2.47. The average molecular weight is 240 g/mol. The summed E-state index contributed by atoms with van der Waals surface area (Å²) in [6, 6.07) is 8.22. The Morgan fingerprint density at radius 2 is 2.00 bits per heavy atom. The second-order valence-electron chi connectivity index (χ2n) is 4.82. The molecule has 0 radical (unpaired) electrons. The topological polar surface area (TPSA) is 37.9 Å². The van der Waals surface area contributed by atoms with Crippen molar-refractivity contribution in [3.05, 3.63) is 36.2 Å². The van der Waals surface area contributed by atoms with Gasteiger partial charge in [-0.25, -0.2) is 0 Å². The Morgan fingerprint density at radius 3 is 2.78 bits per heavy atom. The predicted molar refractivity (Wildman–Crippen MR) is 74.1 cm³/mol. The van der Waals surface area contributed by atoms with Gasteiger partial charge in [0.1, 0.15) is 5.75 Å². The molecule has 0 aliphatic rings. The van der Waals surface area contributed by atoms with Crippen LogP contribution in [0.3, 0.4) is 0 Å². The summed E-state index contributed by atoms with van der Waals surface area (Å²) in [5.41, 5.74) is 3.23. The third-order valence-corrected chi connectivity index (χ3v) is 3.05. The van der Waals surface area contributed by atoms with Crippen LogP contribution < -0.4 is 4.74 Å². The molecule has 3 nitrogen and oxygen atoms in total. The molecule has 0 bridgehead atoms. The van der Waals surface area contributed by atoms with E-state index in [-0.39, 0.29) is 6.10 Å². The number of fused-ring (bicyclic) bond motifs is 3. The van der Waals surface area contributed by atoms with Gasteiger partial charge in [0, 0.05) is 23.0 Å². The molecule has 0 aliphatic carbocycles. The number of nitrogens with one attached hydrogen (secondary N) is 1. The SMILES string of the molecule is Cc1nccc2c1[nH]c1cc(OC(C)C)ccc12. The average Bonchev–Trinajstić information content (AvgIpc) is 2.67. The fourth-order valence-electron chi connectivity index (χ4n) is 2.29. The Balaban J connectivity index is 2.23. The van der Waals surface area contributed by atoms with Crippen molar-refractivity contribution in [1.29, 1.82) is 0 Å². The van der Waals surface area contributed by atoms with Gasteiger partial charge in [0.15, 0.2) is 0 Å². The molecule has 0 atom stereocenters. The zero-order valence-corrected chi connectivity index (χ0v) is 10.8. The zero-order chi connectivity index (χ0) is 12.7. The number of hydrogen-bond donors (Lipinski definition) is 1. The molecule has 3 aromatic rings. The summed E-state index contributed by atoms with van der Waals surface area (Å²) < 4.78 is 5.71. The van der Waals surface area contributed by atoms with Gasteiger partial charge in [-0.05, 0) is 39.0 Å². The van der Waals surface area contributed by atoms with E-state index in [0.29, 0.717) is 0 Å². The summed E-state index contributed by atoms with van der Waals surface area (Å²) in [6.45, 7) is 6.08. The number of aryl methyl sites for hydroxylation is 1. The van der Waals surface area contributed by atoms with Crippen molar-refractivity contribution < 1.29 is 4.74 Å². The Hall–Kier alpha value is -2.03. The molecule has 18 heavy (non-hydrogen) atoms. The van der Waals surface area contributed by atoms with Crippen LogP contribution in [0.2, 0.25) is 0 Å². The fraction of sp³-hybridized carbons (Fsp3) is 0.267. The smallest absolute Gasteiger partial charge is 0.121 e. The molecule has 0 fully saturated rings. The number of nitrogens with zero attached hydrogens (tertiary/aromatic N) is 1. The van der Waals surface area contributed by atoms with E-state index in [1.54, 1.807) is 0 Å². The van der Waals surface area contributed by atoms with E-state index in [1.165, 1.54) is 10.8 Å². The Labute approximate surface area is 106 Å². The minimum atomic E-state index is 0.190. The van der Waals surface area contributed by atoms with Crippen molar-refractivity contribution >= 4 is 21.8 Å². The first-order valence-electron chi connectivity index (χ1n) is 6.19. The zero-order valence-electron chi connectivity index (χ0n) is 10.8. The van der Waals surface area contributed by atoms with Crippen LogP contribution in [0.4, 0.5) is 0 Å². The van der Waals surface area contributed by atoms with Gasteiger partial charge in [0.25, 0.3) is 0 Å². The fourth-order valence-corrected chi connectivity index (χ4v) is 2.29. The molecular formula is C15H16N2O. The maximum absolute atomic E-state index is 5.71. The van der Waals surface area contributed by atoms with E-state index in [1.807, 2.05) is 39.1 Å². The molecule has 2 aromatic heterocycles. The van der Waals surface area contributed by atoms with Crippen LogP contribution in [0, 0.1) is 6.92 Å². The molecule has 3 heteroatoms. The molecule has 1 N–H and O–H groups in total. The van der Waals surface area contributed by atoms with Crippen LogP contribution in [-0.4, -0.2) is 16.1 Å². The molecule has 0 unspecified atom stereocenters. The minimum Gasteiger partial charge on any atom is -0.491 e. The summed E-state index contributed by atoms with van der Waals surface area (Å²) in [7, 11) is 0. The molecule has 0 spiro atoms. The van der Waals surface area contributed by atoms with Crippen molar-refractivity contribution in [3.8, 4) is 5.75 Å². The van der Waals surface area contributed by atoms with E-state index in [0.717, 1.165) is 22.5 Å². The van der Waals surface area contributed by atoms with Crippen LogP contribution in [0.1, 0.15) is 19.5 Å². The third kappa shape index (κ3) is 1.72. The predicted octanol–water partition coefficient (Wildman–Crippen LogP) is 3.81. The number of H-pyrrole nitrogens is 1. The largest absolute Gasteiger partial charge is 0.491 e. The molecule has 0 amide bonds. The van der Waals surface area contributed by atoms with E-state index in [4.69, 9.17) is 4.74 Å². The second-order valence-corrected chi connectivity index (χ2v) is 4.82. The van der Waals surface area contributed by atoms with Crippen molar-refractivity contribution in [1.82, 2.24) is 9.97 Å². The van der Waals surface area contributed by atoms with Gasteiger partial charge in [-0.2, -0.15) is 0 Å². The van der Waals surface area contributed by atoms with Crippen LogP contribution in [0.5, 0.6) is 5.75 Å². The van der Waals surface area contributed by atoms with Crippen LogP contribution in [0.25, 0.3) is 21.8 Å². The number of aromatic nitrogens is 2. The lowest BCUT2D eigenvalue weighted by Gasteiger charge is -2.09. The molecule has 1 aromatic carbocycles. The highest BCUT2D eigenvalue weighted by atomic mass is 16.5. The van der Waals surface area contributed by atoms with Gasteiger partial charge < -0.3 is 9.72 Å². The Bertz CT molecular complexity index is 713. The highest BCUT2D eigenvalue weighted by Gasteiger charge is 2.08. The van der Waals surface area contributed by atoms with Gasteiger partial charge in [0.2, 0.25) is 0 Å². The first-order chi connectivity index (χ1) is 8.65. The van der Waals surface area contributed by atoms with Crippen LogP contribution in [-0.2, 0) is 0 Å². The first-order valence-corrected chi connectivity index (χ1v) is 6.19. The highest BCUT2D eigenvalue weighted by Crippen LogP contribution is 2.29. The van der Waals surface area contributed by atoms with Crippen molar-refractivity contribution in [2.45, 2.75) is 26.9 Å². The van der Waals surface area contributed by atoms with Crippen molar-refractivity contribution in [2.75, 3.05) is 0 Å².